The topological polar surface area (TPSA) is 67.7 Å². The molecule has 0 radical (unpaired) electrons. The summed E-state index contributed by atoms with van der Waals surface area (Å²) >= 11 is 6.16. The molecule has 1 saturated heterocycles. The van der Waals surface area contributed by atoms with Crippen LogP contribution in [0.25, 0.3) is 0 Å². The lowest BCUT2D eigenvalue weighted by Gasteiger charge is -2.26. The van der Waals surface area contributed by atoms with Gasteiger partial charge in [-0.25, -0.2) is 9.48 Å². The summed E-state index contributed by atoms with van der Waals surface area (Å²) in [6.07, 6.45) is 2.21. The molecular weight excluding hydrogens is 332 g/mol. The smallest absolute Gasteiger partial charge is 0.410 e. The molecule has 8 heteroatoms. The Hall–Kier alpha value is -1.76. The SMILES string of the molecule is CN(CC1CCN(c2cnn(C)c(=O)c2Cl)C1)C(=O)OC(C)(C)C. The normalized spacial score (nSPS) is 17.9. The van der Waals surface area contributed by atoms with E-state index in [0.717, 1.165) is 19.5 Å². The van der Waals surface area contributed by atoms with Gasteiger partial charge < -0.3 is 14.5 Å². The number of aryl methyl sites for hydroxylation is 1. The van der Waals surface area contributed by atoms with Crippen molar-refractivity contribution in [2.24, 2.45) is 13.0 Å². The third kappa shape index (κ3) is 4.41. The van der Waals surface area contributed by atoms with Crippen LogP contribution in [0.2, 0.25) is 5.02 Å². The molecule has 2 heterocycles. The molecule has 1 fully saturated rings. The van der Waals surface area contributed by atoms with E-state index >= 15 is 0 Å². The molecule has 0 bridgehead atoms. The average Bonchev–Trinajstić information content (AvgIpc) is 2.91. The van der Waals surface area contributed by atoms with Crippen LogP contribution in [-0.2, 0) is 11.8 Å². The van der Waals surface area contributed by atoms with Crippen molar-refractivity contribution in [1.82, 2.24) is 14.7 Å². The van der Waals surface area contributed by atoms with Crippen LogP contribution in [0.15, 0.2) is 11.0 Å². The molecule has 1 aromatic rings. The fraction of sp³-hybridized carbons (Fsp3) is 0.688. The van der Waals surface area contributed by atoms with Gasteiger partial charge in [-0.15, -0.1) is 0 Å². The molecule has 0 aliphatic carbocycles. The van der Waals surface area contributed by atoms with E-state index in [4.69, 9.17) is 16.3 Å². The lowest BCUT2D eigenvalue weighted by atomic mass is 10.1. The highest BCUT2D eigenvalue weighted by Gasteiger charge is 2.28. The zero-order chi connectivity index (χ0) is 18.1. The highest BCUT2D eigenvalue weighted by Crippen LogP contribution is 2.27. The maximum absolute atomic E-state index is 12.0. The molecule has 1 atom stereocenters. The number of carbonyl (C=O) groups is 1. The molecule has 0 aromatic carbocycles. The Morgan fingerprint density at radius 1 is 1.50 bits per heavy atom. The van der Waals surface area contributed by atoms with Gasteiger partial charge in [-0.05, 0) is 33.1 Å². The van der Waals surface area contributed by atoms with E-state index in [1.807, 2.05) is 25.7 Å². The molecule has 1 aliphatic rings. The maximum atomic E-state index is 12.0. The van der Waals surface area contributed by atoms with Gasteiger partial charge in [-0.1, -0.05) is 11.6 Å². The van der Waals surface area contributed by atoms with Crippen molar-refractivity contribution in [2.75, 3.05) is 31.6 Å². The highest BCUT2D eigenvalue weighted by atomic mass is 35.5. The molecule has 2 rings (SSSR count). The van der Waals surface area contributed by atoms with E-state index in [9.17, 15) is 9.59 Å². The second-order valence-electron chi connectivity index (χ2n) is 7.23. The molecule has 0 N–H and O–H groups in total. The zero-order valence-corrected chi connectivity index (χ0v) is 15.6. The summed E-state index contributed by atoms with van der Waals surface area (Å²) in [5.41, 5.74) is -0.151. The number of hydrogen-bond acceptors (Lipinski definition) is 5. The minimum atomic E-state index is -0.504. The van der Waals surface area contributed by atoms with Crippen LogP contribution in [0.3, 0.4) is 0 Å². The molecule has 7 nitrogen and oxygen atoms in total. The van der Waals surface area contributed by atoms with Crippen LogP contribution in [-0.4, -0.2) is 53.1 Å². The van der Waals surface area contributed by atoms with Crippen LogP contribution in [0, 0.1) is 5.92 Å². The van der Waals surface area contributed by atoms with Gasteiger partial charge in [-0.2, -0.15) is 5.10 Å². The quantitative estimate of drug-likeness (QED) is 0.829. The second-order valence-corrected chi connectivity index (χ2v) is 7.61. The third-order valence-corrected chi connectivity index (χ3v) is 4.28. The number of anilines is 1. The first-order chi connectivity index (χ1) is 11.1. The Labute approximate surface area is 147 Å². The Morgan fingerprint density at radius 2 is 2.17 bits per heavy atom. The lowest BCUT2D eigenvalue weighted by molar-refractivity contribution is 0.0277. The first-order valence-electron chi connectivity index (χ1n) is 7.99. The van der Waals surface area contributed by atoms with Crippen molar-refractivity contribution in [3.8, 4) is 0 Å². The Bertz CT molecular complexity index is 668. The van der Waals surface area contributed by atoms with Gasteiger partial charge in [-0.3, -0.25) is 4.79 Å². The van der Waals surface area contributed by atoms with Gasteiger partial charge in [0.1, 0.15) is 10.6 Å². The Balaban J connectivity index is 1.97. The summed E-state index contributed by atoms with van der Waals surface area (Å²) in [6.45, 7) is 7.65. The number of amides is 1. The minimum Gasteiger partial charge on any atom is -0.444 e. The summed E-state index contributed by atoms with van der Waals surface area (Å²) in [5, 5.41) is 4.22. The monoisotopic (exact) mass is 356 g/mol. The van der Waals surface area contributed by atoms with Gasteiger partial charge in [0.25, 0.3) is 5.56 Å². The fourth-order valence-electron chi connectivity index (χ4n) is 2.72. The first-order valence-corrected chi connectivity index (χ1v) is 8.37. The van der Waals surface area contributed by atoms with E-state index in [-0.39, 0.29) is 16.7 Å². The van der Waals surface area contributed by atoms with E-state index in [0.29, 0.717) is 18.2 Å². The van der Waals surface area contributed by atoms with Crippen LogP contribution >= 0.6 is 11.6 Å². The standard InChI is InChI=1S/C16H25ClN4O3/c1-16(2,3)24-15(23)19(4)9-11-6-7-21(10-11)12-8-18-20(5)14(22)13(12)17/h8,11H,6-7,9-10H2,1-5H3. The maximum Gasteiger partial charge on any atom is 0.410 e. The summed E-state index contributed by atoms with van der Waals surface area (Å²) in [4.78, 5) is 27.6. The zero-order valence-electron chi connectivity index (χ0n) is 14.9. The van der Waals surface area contributed by atoms with Gasteiger partial charge in [0.15, 0.2) is 0 Å². The minimum absolute atomic E-state index is 0.189. The van der Waals surface area contributed by atoms with Gasteiger partial charge in [0, 0.05) is 33.7 Å². The molecule has 1 unspecified atom stereocenters. The van der Waals surface area contributed by atoms with Crippen LogP contribution in [0.4, 0.5) is 10.5 Å². The molecule has 0 spiro atoms. The van der Waals surface area contributed by atoms with Crippen LogP contribution in [0.1, 0.15) is 27.2 Å². The van der Waals surface area contributed by atoms with E-state index in [2.05, 4.69) is 5.10 Å². The van der Waals surface area contributed by atoms with Crippen molar-refractivity contribution in [3.63, 3.8) is 0 Å². The van der Waals surface area contributed by atoms with Crippen molar-refractivity contribution in [2.45, 2.75) is 32.8 Å². The van der Waals surface area contributed by atoms with E-state index < -0.39 is 5.60 Å². The van der Waals surface area contributed by atoms with E-state index in [1.54, 1.807) is 25.2 Å². The van der Waals surface area contributed by atoms with Crippen molar-refractivity contribution in [3.05, 3.63) is 21.6 Å². The Morgan fingerprint density at radius 3 is 2.79 bits per heavy atom. The summed E-state index contributed by atoms with van der Waals surface area (Å²) in [5.74, 6) is 0.294. The number of rotatable bonds is 3. The van der Waals surface area contributed by atoms with Gasteiger partial charge in [0.05, 0.1) is 11.9 Å². The van der Waals surface area contributed by atoms with Crippen molar-refractivity contribution >= 4 is 23.4 Å². The fourth-order valence-corrected chi connectivity index (χ4v) is 3.02. The number of hydrogen-bond donors (Lipinski definition) is 0. The number of carbonyl (C=O) groups excluding carboxylic acids is 1. The van der Waals surface area contributed by atoms with Crippen molar-refractivity contribution in [1.29, 1.82) is 0 Å². The number of aromatic nitrogens is 2. The molecule has 1 aromatic heterocycles. The predicted octanol–water partition coefficient (Wildman–Crippen LogP) is 2.13. The molecule has 24 heavy (non-hydrogen) atoms. The molecule has 134 valence electrons. The molecule has 1 amide bonds. The summed E-state index contributed by atoms with van der Waals surface area (Å²) in [6, 6.07) is 0. The summed E-state index contributed by atoms with van der Waals surface area (Å²) < 4.78 is 6.59. The van der Waals surface area contributed by atoms with Gasteiger partial charge in [0.2, 0.25) is 0 Å². The van der Waals surface area contributed by atoms with Crippen LogP contribution in [0.5, 0.6) is 0 Å². The largest absolute Gasteiger partial charge is 0.444 e. The third-order valence-electron chi connectivity index (χ3n) is 3.92. The molecule has 0 saturated carbocycles. The van der Waals surface area contributed by atoms with Crippen molar-refractivity contribution < 1.29 is 9.53 Å². The van der Waals surface area contributed by atoms with E-state index in [1.165, 1.54) is 4.68 Å². The summed E-state index contributed by atoms with van der Waals surface area (Å²) in [7, 11) is 3.31. The average molecular weight is 357 g/mol. The Kier molecular flexibility index (Phi) is 5.42. The van der Waals surface area contributed by atoms with Crippen LogP contribution < -0.4 is 10.5 Å². The highest BCUT2D eigenvalue weighted by molar-refractivity contribution is 6.33. The first kappa shape index (κ1) is 18.6. The molecule has 1 aliphatic heterocycles. The predicted molar refractivity (Wildman–Crippen MR) is 93.7 cm³/mol. The molecular formula is C16H25ClN4O3. The van der Waals surface area contributed by atoms with Gasteiger partial charge >= 0.3 is 6.09 Å². The lowest BCUT2D eigenvalue weighted by Crippen LogP contribution is -2.37. The number of ether oxygens (including phenoxy) is 1. The number of halogens is 1. The number of nitrogens with zero attached hydrogens (tertiary/aromatic N) is 4. The second kappa shape index (κ2) is 7.01.